The number of para-hydroxylation sites is 2. The Morgan fingerprint density at radius 3 is 2.87 bits per heavy atom. The van der Waals surface area contributed by atoms with Crippen LogP contribution < -0.4 is 10.3 Å². The van der Waals surface area contributed by atoms with Gasteiger partial charge in [-0.2, -0.15) is 5.10 Å². The van der Waals surface area contributed by atoms with Gasteiger partial charge in [-0.3, -0.25) is 14.0 Å². The minimum absolute atomic E-state index is 0.0237. The molecule has 0 spiro atoms. The number of methoxy groups -OCH3 is 1. The fourth-order valence-electron chi connectivity index (χ4n) is 3.89. The third-order valence-corrected chi connectivity index (χ3v) is 7.54. The zero-order valence-corrected chi connectivity index (χ0v) is 18.4. The van der Waals surface area contributed by atoms with E-state index in [1.54, 1.807) is 27.7 Å². The number of ether oxygens (including phenoxy) is 1. The number of aryl methyl sites for hydroxylation is 3. The highest BCUT2D eigenvalue weighted by atomic mass is 32.2. The molecule has 30 heavy (non-hydrogen) atoms. The van der Waals surface area contributed by atoms with Crippen LogP contribution in [0.1, 0.15) is 29.1 Å². The Morgan fingerprint density at radius 1 is 1.23 bits per heavy atom. The van der Waals surface area contributed by atoms with E-state index < -0.39 is 0 Å². The topological polar surface area (TPSA) is 74.8 Å². The Kier molecular flexibility index (Phi) is 5.08. The Bertz CT molecular complexity index is 1290. The molecule has 0 aliphatic heterocycles. The third kappa shape index (κ3) is 3.22. The molecular weight excluding hydrogens is 418 g/mol. The van der Waals surface area contributed by atoms with Gasteiger partial charge in [0.05, 0.1) is 23.9 Å². The summed E-state index contributed by atoms with van der Waals surface area (Å²) in [5.41, 5.74) is 1.87. The predicted molar refractivity (Wildman–Crippen MR) is 119 cm³/mol. The zero-order valence-electron chi connectivity index (χ0n) is 16.8. The molecule has 0 fully saturated rings. The first kappa shape index (κ1) is 19.3. The van der Waals surface area contributed by atoms with E-state index in [1.807, 2.05) is 31.3 Å². The van der Waals surface area contributed by atoms with Gasteiger partial charge < -0.3 is 4.74 Å². The van der Waals surface area contributed by atoms with Crippen LogP contribution in [-0.2, 0) is 25.6 Å². The van der Waals surface area contributed by atoms with E-state index in [0.29, 0.717) is 22.3 Å². The molecule has 0 N–H and O–H groups in total. The normalized spacial score (nSPS) is 13.5. The van der Waals surface area contributed by atoms with Crippen LogP contribution in [0.5, 0.6) is 5.75 Å². The summed E-state index contributed by atoms with van der Waals surface area (Å²) in [4.78, 5) is 25.2. The van der Waals surface area contributed by atoms with Gasteiger partial charge in [0.1, 0.15) is 22.7 Å². The molecule has 7 nitrogen and oxygen atoms in total. The minimum Gasteiger partial charge on any atom is -0.495 e. The average molecular weight is 440 g/mol. The summed E-state index contributed by atoms with van der Waals surface area (Å²) in [7, 11) is 3.48. The quantitative estimate of drug-likeness (QED) is 0.348. The molecule has 0 saturated heterocycles. The van der Waals surface area contributed by atoms with Crippen molar-refractivity contribution in [2.75, 3.05) is 7.11 Å². The molecular formula is C21H21N5O2S2. The molecule has 3 heterocycles. The summed E-state index contributed by atoms with van der Waals surface area (Å²) < 4.78 is 9.00. The lowest BCUT2D eigenvalue weighted by molar-refractivity contribution is 0.411. The van der Waals surface area contributed by atoms with Gasteiger partial charge in [-0.15, -0.1) is 11.3 Å². The summed E-state index contributed by atoms with van der Waals surface area (Å²) in [5.74, 6) is 2.03. The fourth-order valence-corrected chi connectivity index (χ4v) is 6.19. The molecule has 4 aromatic rings. The van der Waals surface area contributed by atoms with E-state index in [1.165, 1.54) is 35.0 Å². The number of nitrogens with zero attached hydrogens (tertiary/aromatic N) is 5. The van der Waals surface area contributed by atoms with Crippen LogP contribution in [0, 0.1) is 0 Å². The van der Waals surface area contributed by atoms with E-state index in [4.69, 9.17) is 9.72 Å². The molecule has 0 saturated carbocycles. The van der Waals surface area contributed by atoms with Gasteiger partial charge in [0.15, 0.2) is 5.16 Å². The van der Waals surface area contributed by atoms with E-state index in [9.17, 15) is 4.79 Å². The van der Waals surface area contributed by atoms with Gasteiger partial charge in [-0.1, -0.05) is 23.9 Å². The summed E-state index contributed by atoms with van der Waals surface area (Å²) >= 11 is 3.15. The van der Waals surface area contributed by atoms with Crippen molar-refractivity contribution in [1.82, 2.24) is 24.3 Å². The van der Waals surface area contributed by atoms with Crippen LogP contribution in [0.15, 0.2) is 40.5 Å². The maximum atomic E-state index is 13.8. The monoisotopic (exact) mass is 439 g/mol. The van der Waals surface area contributed by atoms with Crippen LogP contribution in [-0.4, -0.2) is 31.4 Å². The molecule has 9 heteroatoms. The Labute approximate surface area is 181 Å². The lowest BCUT2D eigenvalue weighted by atomic mass is 9.97. The number of rotatable bonds is 5. The number of hydrogen-bond donors (Lipinski definition) is 0. The van der Waals surface area contributed by atoms with E-state index in [0.717, 1.165) is 35.3 Å². The third-order valence-electron chi connectivity index (χ3n) is 5.42. The molecule has 3 aromatic heterocycles. The van der Waals surface area contributed by atoms with Crippen LogP contribution in [0.4, 0.5) is 0 Å². The number of aromatic nitrogens is 5. The van der Waals surface area contributed by atoms with Crippen molar-refractivity contribution in [3.05, 3.63) is 57.2 Å². The van der Waals surface area contributed by atoms with Crippen molar-refractivity contribution < 1.29 is 4.74 Å². The molecule has 154 valence electrons. The van der Waals surface area contributed by atoms with Gasteiger partial charge in [0.25, 0.3) is 5.56 Å². The first-order valence-corrected chi connectivity index (χ1v) is 11.6. The molecule has 0 bridgehead atoms. The van der Waals surface area contributed by atoms with Gasteiger partial charge in [-0.25, -0.2) is 9.97 Å². The van der Waals surface area contributed by atoms with E-state index in [2.05, 4.69) is 10.1 Å². The smallest absolute Gasteiger partial charge is 0.267 e. The van der Waals surface area contributed by atoms with E-state index >= 15 is 0 Å². The van der Waals surface area contributed by atoms with Crippen molar-refractivity contribution in [2.24, 2.45) is 7.05 Å². The van der Waals surface area contributed by atoms with Crippen molar-refractivity contribution >= 4 is 33.3 Å². The minimum atomic E-state index is -0.0237. The van der Waals surface area contributed by atoms with E-state index in [-0.39, 0.29) is 5.56 Å². The van der Waals surface area contributed by atoms with Gasteiger partial charge in [0, 0.05) is 11.9 Å². The van der Waals surface area contributed by atoms with Gasteiger partial charge in [-0.05, 0) is 43.4 Å². The highest BCUT2D eigenvalue weighted by Crippen LogP contribution is 2.36. The number of benzene rings is 1. The highest BCUT2D eigenvalue weighted by molar-refractivity contribution is 7.98. The second-order valence-electron chi connectivity index (χ2n) is 7.19. The van der Waals surface area contributed by atoms with Crippen molar-refractivity contribution in [2.45, 2.75) is 36.6 Å². The van der Waals surface area contributed by atoms with Crippen LogP contribution in [0.2, 0.25) is 0 Å². The van der Waals surface area contributed by atoms with Gasteiger partial charge >= 0.3 is 0 Å². The molecule has 0 radical (unpaired) electrons. The molecule has 1 aliphatic carbocycles. The molecule has 0 amide bonds. The number of fused-ring (bicyclic) bond motifs is 3. The number of hydrogen-bond acceptors (Lipinski definition) is 7. The van der Waals surface area contributed by atoms with Crippen molar-refractivity contribution in [3.63, 3.8) is 0 Å². The maximum Gasteiger partial charge on any atom is 0.267 e. The Balaban J connectivity index is 1.72. The first-order valence-electron chi connectivity index (χ1n) is 9.83. The second kappa shape index (κ2) is 7.88. The fraction of sp³-hybridized carbons (Fsp3) is 0.333. The lowest BCUT2D eigenvalue weighted by Gasteiger charge is -2.15. The Morgan fingerprint density at radius 2 is 2.07 bits per heavy atom. The number of thioether (sulfide) groups is 1. The molecule has 1 aromatic carbocycles. The molecule has 0 unspecified atom stereocenters. The molecule has 5 rings (SSSR count). The highest BCUT2D eigenvalue weighted by Gasteiger charge is 2.24. The molecule has 1 aliphatic rings. The lowest BCUT2D eigenvalue weighted by Crippen LogP contribution is -2.23. The Hall–Kier alpha value is -2.65. The standard InChI is InChI=1S/C21H21N5O2S2/c1-25-17(22-12-23-25)11-29-21-24-19-18(13-7-3-6-10-16(13)30-19)20(27)26(21)14-8-4-5-9-15(14)28-2/h4-5,8-9,12H,3,6-7,10-11H2,1-2H3. The molecule has 0 atom stereocenters. The largest absolute Gasteiger partial charge is 0.495 e. The summed E-state index contributed by atoms with van der Waals surface area (Å²) in [6, 6.07) is 7.58. The second-order valence-corrected chi connectivity index (χ2v) is 9.21. The summed E-state index contributed by atoms with van der Waals surface area (Å²) in [6.45, 7) is 0. The summed E-state index contributed by atoms with van der Waals surface area (Å²) in [5, 5.41) is 5.54. The van der Waals surface area contributed by atoms with Gasteiger partial charge in [0.2, 0.25) is 0 Å². The first-order chi connectivity index (χ1) is 14.7. The maximum absolute atomic E-state index is 13.8. The predicted octanol–water partition coefficient (Wildman–Crippen LogP) is 3.76. The van der Waals surface area contributed by atoms with Crippen molar-refractivity contribution in [1.29, 1.82) is 0 Å². The van der Waals surface area contributed by atoms with Crippen LogP contribution in [0.25, 0.3) is 15.9 Å². The SMILES string of the molecule is COc1ccccc1-n1c(SCc2ncnn2C)nc2sc3c(c2c1=O)CCCC3. The van der Waals surface area contributed by atoms with Crippen molar-refractivity contribution in [3.8, 4) is 11.4 Å². The average Bonchev–Trinajstić information content (AvgIpc) is 3.35. The zero-order chi connectivity index (χ0) is 20.7. The van der Waals surface area contributed by atoms with Crippen LogP contribution >= 0.6 is 23.1 Å². The summed E-state index contributed by atoms with van der Waals surface area (Å²) in [6.07, 6.45) is 5.81. The van der Waals surface area contributed by atoms with Crippen LogP contribution in [0.3, 0.4) is 0 Å². The number of thiophene rings is 1.